The second kappa shape index (κ2) is 11.7. The van der Waals surface area contributed by atoms with E-state index in [2.05, 4.69) is 60.5 Å². The van der Waals surface area contributed by atoms with Crippen molar-refractivity contribution < 1.29 is 9.18 Å². The molecule has 6 rings (SSSR count). The molecule has 1 aromatic heterocycles. The molecule has 9 heteroatoms. The zero-order chi connectivity index (χ0) is 30.4. The highest BCUT2D eigenvalue weighted by Gasteiger charge is 2.38. The van der Waals surface area contributed by atoms with Crippen molar-refractivity contribution in [2.45, 2.75) is 51.2 Å². The largest absolute Gasteiger partial charge is 0.350 e. The highest BCUT2D eigenvalue weighted by molar-refractivity contribution is 6.33. The summed E-state index contributed by atoms with van der Waals surface area (Å²) in [5.74, 6) is 1.56. The molecule has 1 amide bonds. The standard InChI is InChI=1S/C34H38ClFN6O/c1-6-31(43)40-17-22(3)41(18-21(40)2)33-27-16-28(35)32(25-9-7-8-10-29(25)36)38-34(27)42(20-37-33)30-14-11-23(19-39(4)5)15-26(30)24-12-13-24/h6-11,14-16,21-22,24H,1,12-13,17-20H2,2-5H3. The summed E-state index contributed by atoms with van der Waals surface area (Å²) in [7, 11) is 4.16. The first-order valence-electron chi connectivity index (χ1n) is 14.9. The molecule has 2 fully saturated rings. The van der Waals surface area contributed by atoms with Gasteiger partial charge in [0, 0.05) is 43.0 Å². The van der Waals surface area contributed by atoms with Crippen LogP contribution in [0.25, 0.3) is 11.3 Å². The number of hydrogen-bond acceptors (Lipinski definition) is 6. The van der Waals surface area contributed by atoms with Crippen molar-refractivity contribution in [1.29, 1.82) is 0 Å². The second-order valence-electron chi connectivity index (χ2n) is 12.2. The van der Waals surface area contributed by atoms with Crippen molar-refractivity contribution in [3.8, 4) is 11.3 Å². The average Bonchev–Trinajstić information content (AvgIpc) is 3.83. The highest BCUT2D eigenvalue weighted by atomic mass is 35.5. The maximum atomic E-state index is 15.0. The first-order valence-corrected chi connectivity index (χ1v) is 15.3. The lowest BCUT2D eigenvalue weighted by Crippen LogP contribution is -2.59. The smallest absolute Gasteiger partial charge is 0.246 e. The van der Waals surface area contributed by atoms with E-state index in [0.717, 1.165) is 36.5 Å². The van der Waals surface area contributed by atoms with Gasteiger partial charge in [0.1, 0.15) is 24.1 Å². The topological polar surface area (TPSA) is 55.3 Å². The number of carbonyl (C=O) groups excluding carboxylic acids is 1. The molecule has 2 unspecified atom stereocenters. The molecule has 3 aromatic rings. The zero-order valence-corrected chi connectivity index (χ0v) is 26.0. The third kappa shape index (κ3) is 5.66. The van der Waals surface area contributed by atoms with E-state index in [1.807, 2.05) is 17.9 Å². The van der Waals surface area contributed by atoms with Crippen LogP contribution in [0.4, 0.5) is 15.9 Å². The molecular weight excluding hydrogens is 563 g/mol. The van der Waals surface area contributed by atoms with E-state index in [9.17, 15) is 4.79 Å². The number of hydrogen-bond donors (Lipinski definition) is 0. The highest BCUT2D eigenvalue weighted by Crippen LogP contribution is 2.47. The molecule has 0 bridgehead atoms. The molecular formula is C34H38ClFN6O. The Morgan fingerprint density at radius 1 is 1.09 bits per heavy atom. The van der Waals surface area contributed by atoms with E-state index in [0.29, 0.717) is 47.8 Å². The molecule has 3 heterocycles. The van der Waals surface area contributed by atoms with Crippen LogP contribution in [-0.4, -0.2) is 77.4 Å². The van der Waals surface area contributed by atoms with Crippen LogP contribution < -0.4 is 4.90 Å². The lowest BCUT2D eigenvalue weighted by molar-refractivity contribution is -0.130. The summed E-state index contributed by atoms with van der Waals surface area (Å²) in [5, 5.41) is 0.364. The van der Waals surface area contributed by atoms with Crippen LogP contribution in [0.2, 0.25) is 5.02 Å². The lowest BCUT2D eigenvalue weighted by atomic mass is 10.0. The maximum absolute atomic E-state index is 15.0. The first kappa shape index (κ1) is 29.3. The summed E-state index contributed by atoms with van der Waals surface area (Å²) in [6.45, 7) is 10.2. The van der Waals surface area contributed by atoms with Crippen molar-refractivity contribution in [2.75, 3.05) is 38.8 Å². The van der Waals surface area contributed by atoms with Gasteiger partial charge in [-0.05, 0) is 88.2 Å². The van der Waals surface area contributed by atoms with Crippen molar-refractivity contribution in [2.24, 2.45) is 4.99 Å². The van der Waals surface area contributed by atoms with Gasteiger partial charge in [-0.2, -0.15) is 0 Å². The number of amidine groups is 1. The number of anilines is 2. The molecule has 0 radical (unpaired) electrons. The maximum Gasteiger partial charge on any atom is 0.246 e. The van der Waals surface area contributed by atoms with Crippen molar-refractivity contribution in [1.82, 2.24) is 19.7 Å². The van der Waals surface area contributed by atoms with Crippen molar-refractivity contribution in [3.63, 3.8) is 0 Å². The Morgan fingerprint density at radius 3 is 2.56 bits per heavy atom. The number of aromatic nitrogens is 1. The molecule has 224 valence electrons. The minimum atomic E-state index is -0.370. The Labute approximate surface area is 258 Å². The summed E-state index contributed by atoms with van der Waals surface area (Å²) in [4.78, 5) is 31.2. The van der Waals surface area contributed by atoms with Crippen LogP contribution in [0.3, 0.4) is 0 Å². The first-order chi connectivity index (χ1) is 20.7. The third-order valence-corrected chi connectivity index (χ3v) is 8.85. The quantitative estimate of drug-likeness (QED) is 0.305. The summed E-state index contributed by atoms with van der Waals surface area (Å²) in [6, 6.07) is 15.1. The number of rotatable bonds is 6. The molecule has 2 atom stereocenters. The summed E-state index contributed by atoms with van der Waals surface area (Å²) in [5.41, 5.74) is 5.21. The molecule has 7 nitrogen and oxygen atoms in total. The Balaban J connectivity index is 1.47. The molecule has 0 spiro atoms. The van der Waals surface area contributed by atoms with Gasteiger partial charge in [-0.1, -0.05) is 42.4 Å². The molecule has 3 aliphatic rings. The van der Waals surface area contributed by atoms with Crippen LogP contribution >= 0.6 is 11.6 Å². The van der Waals surface area contributed by atoms with Gasteiger partial charge in [-0.15, -0.1) is 0 Å². The van der Waals surface area contributed by atoms with Crippen molar-refractivity contribution in [3.05, 3.63) is 88.7 Å². The van der Waals surface area contributed by atoms with E-state index in [4.69, 9.17) is 21.6 Å². The Bertz CT molecular complexity index is 1600. The third-order valence-electron chi connectivity index (χ3n) is 8.56. The normalized spacial score (nSPS) is 20.3. The predicted molar refractivity (Wildman–Crippen MR) is 172 cm³/mol. The zero-order valence-electron chi connectivity index (χ0n) is 25.2. The second-order valence-corrected chi connectivity index (χ2v) is 12.6. The average molecular weight is 601 g/mol. The van der Waals surface area contributed by atoms with Crippen molar-refractivity contribution >= 4 is 34.8 Å². The number of fused-ring (bicyclic) bond motifs is 1. The molecule has 2 aliphatic heterocycles. The predicted octanol–water partition coefficient (Wildman–Crippen LogP) is 6.44. The van der Waals surface area contributed by atoms with E-state index < -0.39 is 0 Å². The van der Waals surface area contributed by atoms with Crippen LogP contribution in [0.1, 0.15) is 49.3 Å². The fraction of sp³-hybridized carbons (Fsp3) is 0.382. The van der Waals surface area contributed by atoms with Gasteiger partial charge in [0.05, 0.1) is 16.3 Å². The Kier molecular flexibility index (Phi) is 8.00. The molecule has 1 saturated carbocycles. The monoisotopic (exact) mass is 600 g/mol. The van der Waals surface area contributed by atoms with Gasteiger partial charge in [0.25, 0.3) is 0 Å². The molecule has 2 aromatic carbocycles. The summed E-state index contributed by atoms with van der Waals surface area (Å²) >= 11 is 6.89. The molecule has 0 N–H and O–H groups in total. The van der Waals surface area contributed by atoms with Gasteiger partial charge in [0.2, 0.25) is 5.91 Å². The van der Waals surface area contributed by atoms with E-state index in [1.165, 1.54) is 23.3 Å². The molecule has 43 heavy (non-hydrogen) atoms. The van der Waals surface area contributed by atoms with E-state index in [1.54, 1.807) is 18.2 Å². The van der Waals surface area contributed by atoms with Gasteiger partial charge in [-0.25, -0.2) is 14.4 Å². The minimum absolute atomic E-state index is 0.00983. The number of benzene rings is 2. The molecule has 1 saturated heterocycles. The van der Waals surface area contributed by atoms with Gasteiger partial charge < -0.3 is 19.6 Å². The number of carbonyl (C=O) groups is 1. The fourth-order valence-corrected chi connectivity index (χ4v) is 6.55. The van der Waals surface area contributed by atoms with E-state index in [-0.39, 0.29) is 23.8 Å². The van der Waals surface area contributed by atoms with Gasteiger partial charge in [0.15, 0.2) is 0 Å². The summed E-state index contributed by atoms with van der Waals surface area (Å²) in [6.07, 6.45) is 3.69. The van der Waals surface area contributed by atoms with Crippen LogP contribution in [0.15, 0.2) is 66.2 Å². The minimum Gasteiger partial charge on any atom is -0.350 e. The van der Waals surface area contributed by atoms with Gasteiger partial charge in [-0.3, -0.25) is 4.79 Å². The summed E-state index contributed by atoms with van der Waals surface area (Å²) < 4.78 is 15.0. The Hall–Kier alpha value is -3.75. The Morgan fingerprint density at radius 2 is 1.86 bits per heavy atom. The van der Waals surface area contributed by atoms with Crippen LogP contribution in [0.5, 0.6) is 0 Å². The number of aliphatic imine (C=N–C) groups is 1. The lowest BCUT2D eigenvalue weighted by Gasteiger charge is -2.46. The SMILES string of the molecule is C=CC(=O)N1CC(C)N(C2=NCN(c3ccc(CN(C)C)cc3C3CC3)c3nc(-c4ccccc4F)c(Cl)cc32)CC1C. The van der Waals surface area contributed by atoms with Crippen LogP contribution in [0, 0.1) is 5.82 Å². The number of pyridine rings is 1. The number of nitrogens with zero attached hydrogens (tertiary/aromatic N) is 6. The van der Waals surface area contributed by atoms with Gasteiger partial charge >= 0.3 is 0 Å². The number of halogens is 2. The number of piperazine rings is 1. The fourth-order valence-electron chi connectivity index (χ4n) is 6.30. The van der Waals surface area contributed by atoms with E-state index >= 15 is 4.39 Å². The van der Waals surface area contributed by atoms with Crippen LogP contribution in [-0.2, 0) is 11.3 Å². The molecule has 1 aliphatic carbocycles. The number of amides is 1.